The first-order valence-corrected chi connectivity index (χ1v) is 11.4. The van der Waals surface area contributed by atoms with E-state index in [1.165, 1.54) is 11.3 Å². The summed E-state index contributed by atoms with van der Waals surface area (Å²) in [7, 11) is 0. The van der Waals surface area contributed by atoms with Gasteiger partial charge in [-0.2, -0.15) is 15.3 Å². The van der Waals surface area contributed by atoms with E-state index in [4.69, 9.17) is 4.52 Å². The molecule has 0 spiro atoms. The van der Waals surface area contributed by atoms with E-state index in [1.807, 2.05) is 55.5 Å². The molecule has 34 heavy (non-hydrogen) atoms. The maximum absolute atomic E-state index is 12.5. The largest absolute Gasteiger partial charge is 0.361 e. The Labute approximate surface area is 198 Å². The number of aromatic amines is 1. The highest BCUT2D eigenvalue weighted by molar-refractivity contribution is 7.08. The second kappa shape index (κ2) is 9.32. The maximum atomic E-state index is 12.5. The fourth-order valence-corrected chi connectivity index (χ4v) is 4.30. The van der Waals surface area contributed by atoms with Crippen LogP contribution < -0.4 is 4.80 Å². The zero-order valence-corrected chi connectivity index (χ0v) is 19.3. The van der Waals surface area contributed by atoms with E-state index in [0.29, 0.717) is 22.9 Å². The van der Waals surface area contributed by atoms with Gasteiger partial charge in [0.05, 0.1) is 6.54 Å². The molecule has 1 N–H and O–H groups in total. The summed E-state index contributed by atoms with van der Waals surface area (Å²) < 4.78 is 6.74. The van der Waals surface area contributed by atoms with E-state index in [0.717, 1.165) is 33.7 Å². The first-order valence-electron chi connectivity index (χ1n) is 10.6. The number of hydrogen-bond donors (Lipinski definition) is 1. The van der Waals surface area contributed by atoms with Crippen LogP contribution >= 0.6 is 11.3 Å². The lowest BCUT2D eigenvalue weighted by Crippen LogP contribution is -2.19. The van der Waals surface area contributed by atoms with E-state index in [9.17, 15) is 4.79 Å². The monoisotopic (exact) mass is 472 g/mol. The molecule has 5 aromatic rings. The minimum Gasteiger partial charge on any atom is -0.361 e. The second-order valence-corrected chi connectivity index (χ2v) is 8.55. The van der Waals surface area contributed by atoms with Crippen molar-refractivity contribution in [2.75, 3.05) is 0 Å². The number of rotatable bonds is 6. The molecule has 2 aromatic carbocycles. The zero-order valence-electron chi connectivity index (χ0n) is 18.5. The number of benzene rings is 2. The number of hydrogen-bond acceptors (Lipinski definition) is 8. The highest BCUT2D eigenvalue weighted by Gasteiger charge is 2.13. The van der Waals surface area contributed by atoms with Crippen LogP contribution in [0.4, 0.5) is 0 Å². The smallest absolute Gasteiger partial charge is 0.301 e. The summed E-state index contributed by atoms with van der Waals surface area (Å²) >= 11 is 1.39. The number of amides is 1. The molecule has 0 aliphatic carbocycles. The third-order valence-corrected chi connectivity index (χ3v) is 6.21. The van der Waals surface area contributed by atoms with Crippen molar-refractivity contribution in [1.29, 1.82) is 0 Å². The van der Waals surface area contributed by atoms with Gasteiger partial charge in [-0.05, 0) is 35.2 Å². The maximum Gasteiger partial charge on any atom is 0.301 e. The lowest BCUT2D eigenvalue weighted by atomic mass is 9.98. The van der Waals surface area contributed by atoms with Crippen LogP contribution in [0.25, 0.3) is 22.5 Å². The number of carbonyl (C=O) groups is 1. The van der Waals surface area contributed by atoms with Crippen LogP contribution in [0.3, 0.4) is 0 Å². The van der Waals surface area contributed by atoms with Crippen LogP contribution in [-0.4, -0.2) is 41.5 Å². The molecule has 0 fully saturated rings. The SMILES string of the molecule is CCc1nn(Cc2ccc(-c3ccccc3-c3nn[nH]n3)cc2)c(=NC(=O)c2cc(C)on2)s1. The number of nitrogens with one attached hydrogen (secondary N) is 1. The van der Waals surface area contributed by atoms with Crippen molar-refractivity contribution in [3.8, 4) is 22.5 Å². The Morgan fingerprint density at radius 3 is 2.62 bits per heavy atom. The lowest BCUT2D eigenvalue weighted by Gasteiger charge is -2.08. The predicted molar refractivity (Wildman–Crippen MR) is 125 cm³/mol. The van der Waals surface area contributed by atoms with E-state index < -0.39 is 5.91 Å². The molecule has 0 saturated heterocycles. The molecule has 3 aromatic heterocycles. The highest BCUT2D eigenvalue weighted by atomic mass is 32.1. The first-order chi connectivity index (χ1) is 16.6. The van der Waals surface area contributed by atoms with E-state index in [-0.39, 0.29) is 5.69 Å². The normalized spacial score (nSPS) is 11.8. The molecule has 0 atom stereocenters. The van der Waals surface area contributed by atoms with Gasteiger partial charge in [-0.15, -0.1) is 10.2 Å². The van der Waals surface area contributed by atoms with Crippen molar-refractivity contribution in [1.82, 2.24) is 35.6 Å². The third-order valence-electron chi connectivity index (χ3n) is 5.12. The Kier molecular flexibility index (Phi) is 5.91. The van der Waals surface area contributed by atoms with Crippen LogP contribution in [0.15, 0.2) is 64.1 Å². The van der Waals surface area contributed by atoms with Crippen molar-refractivity contribution in [2.24, 2.45) is 4.99 Å². The number of nitrogens with zero attached hydrogens (tertiary/aromatic N) is 7. The van der Waals surface area contributed by atoms with Gasteiger partial charge in [-0.3, -0.25) is 4.79 Å². The van der Waals surface area contributed by atoms with Crippen LogP contribution in [0.5, 0.6) is 0 Å². The van der Waals surface area contributed by atoms with Crippen LogP contribution in [-0.2, 0) is 13.0 Å². The topological polar surface area (TPSA) is 128 Å². The van der Waals surface area contributed by atoms with E-state index in [1.54, 1.807) is 17.7 Å². The third kappa shape index (κ3) is 4.46. The van der Waals surface area contributed by atoms with Gasteiger partial charge in [0.25, 0.3) is 0 Å². The molecule has 0 aliphatic rings. The van der Waals surface area contributed by atoms with Gasteiger partial charge in [0.1, 0.15) is 10.8 Å². The van der Waals surface area contributed by atoms with Gasteiger partial charge in [0.15, 0.2) is 5.69 Å². The Morgan fingerprint density at radius 1 is 1.15 bits per heavy atom. The van der Waals surface area contributed by atoms with Crippen LogP contribution in [0.1, 0.15) is 33.7 Å². The average molecular weight is 473 g/mol. The summed E-state index contributed by atoms with van der Waals surface area (Å²) in [5, 5.41) is 23.7. The van der Waals surface area contributed by atoms with Crippen molar-refractivity contribution in [2.45, 2.75) is 26.8 Å². The fourth-order valence-electron chi connectivity index (χ4n) is 3.46. The molecule has 0 saturated carbocycles. The number of aromatic nitrogens is 7. The van der Waals surface area contributed by atoms with Crippen molar-refractivity contribution < 1.29 is 9.32 Å². The molecule has 0 aliphatic heterocycles. The standard InChI is InChI=1S/C23H20N8O2S/c1-3-20-27-31(23(34-20)24-22(32)19-12-14(2)33-28-19)13-15-8-10-16(11-9-15)17-6-4-5-7-18(17)21-25-29-30-26-21/h4-12H,3,13H2,1-2H3,(H,25,26,29,30). The Morgan fingerprint density at radius 2 is 1.94 bits per heavy atom. The highest BCUT2D eigenvalue weighted by Crippen LogP contribution is 2.29. The fraction of sp³-hybridized carbons (Fsp3) is 0.174. The molecule has 0 radical (unpaired) electrons. The molecular weight excluding hydrogens is 452 g/mol. The van der Waals surface area contributed by atoms with Gasteiger partial charge in [-0.25, -0.2) is 4.68 Å². The van der Waals surface area contributed by atoms with Crippen molar-refractivity contribution >= 4 is 17.2 Å². The molecular formula is C23H20N8O2S. The summed E-state index contributed by atoms with van der Waals surface area (Å²) in [5.74, 6) is 0.652. The average Bonchev–Trinajstić information content (AvgIpc) is 3.62. The van der Waals surface area contributed by atoms with Crippen LogP contribution in [0, 0.1) is 6.92 Å². The first kappa shape index (κ1) is 21.6. The zero-order chi connectivity index (χ0) is 23.5. The summed E-state index contributed by atoms with van der Waals surface area (Å²) in [4.78, 5) is 17.3. The Hall–Kier alpha value is -4.25. The minimum absolute atomic E-state index is 0.181. The number of tetrazole rings is 1. The lowest BCUT2D eigenvalue weighted by molar-refractivity contribution is 0.0989. The molecule has 5 rings (SSSR count). The summed E-state index contributed by atoms with van der Waals surface area (Å²) in [6, 6.07) is 17.6. The van der Waals surface area contributed by atoms with Gasteiger partial charge in [0, 0.05) is 11.6 Å². The van der Waals surface area contributed by atoms with Gasteiger partial charge in [0.2, 0.25) is 10.6 Å². The Balaban J connectivity index is 1.43. The number of aryl methyl sites for hydroxylation is 2. The molecule has 3 heterocycles. The van der Waals surface area contributed by atoms with E-state index >= 15 is 0 Å². The van der Waals surface area contributed by atoms with Crippen molar-refractivity contribution in [3.63, 3.8) is 0 Å². The summed E-state index contributed by atoms with van der Waals surface area (Å²) in [5.41, 5.74) is 4.14. The number of H-pyrrole nitrogens is 1. The predicted octanol–water partition coefficient (Wildman–Crippen LogP) is 3.44. The molecule has 0 bridgehead atoms. The second-order valence-electron chi connectivity index (χ2n) is 7.51. The molecule has 1 amide bonds. The molecule has 11 heteroatoms. The molecule has 170 valence electrons. The molecule has 0 unspecified atom stereocenters. The quantitative estimate of drug-likeness (QED) is 0.401. The Bertz CT molecular complexity index is 1500. The van der Waals surface area contributed by atoms with Gasteiger partial charge >= 0.3 is 5.91 Å². The van der Waals surface area contributed by atoms with Gasteiger partial charge in [-0.1, -0.05) is 71.9 Å². The summed E-state index contributed by atoms with van der Waals surface area (Å²) in [6.45, 7) is 4.23. The minimum atomic E-state index is -0.453. The van der Waals surface area contributed by atoms with E-state index in [2.05, 4.69) is 35.9 Å². The van der Waals surface area contributed by atoms with Crippen molar-refractivity contribution in [3.05, 3.63) is 81.4 Å². The molecule has 10 nitrogen and oxygen atoms in total. The number of carbonyl (C=O) groups excluding carboxylic acids is 1. The summed E-state index contributed by atoms with van der Waals surface area (Å²) in [6.07, 6.45) is 0.753. The van der Waals surface area contributed by atoms with Crippen LogP contribution in [0.2, 0.25) is 0 Å². The van der Waals surface area contributed by atoms with Gasteiger partial charge < -0.3 is 4.52 Å².